The number of H-pyrrole nitrogens is 1. The molecule has 0 amide bonds. The van der Waals surface area contributed by atoms with Gasteiger partial charge in [0.2, 0.25) is 0 Å². The van der Waals surface area contributed by atoms with Gasteiger partial charge in [-0.3, -0.25) is 0 Å². The van der Waals surface area contributed by atoms with Crippen LogP contribution in [0.25, 0.3) is 22.2 Å². The first-order valence-corrected chi connectivity index (χ1v) is 9.09. The maximum Gasteiger partial charge on any atom is 0.160 e. The second-order valence-electron chi connectivity index (χ2n) is 6.62. The molecule has 6 heteroatoms. The van der Waals surface area contributed by atoms with E-state index in [1.807, 2.05) is 48.5 Å². The normalized spacial score (nSPS) is 12.1. The minimum atomic E-state index is -0.881. The van der Waals surface area contributed by atoms with Crippen LogP contribution in [0.15, 0.2) is 66.7 Å². The van der Waals surface area contributed by atoms with Gasteiger partial charge in [0.25, 0.3) is 0 Å². The molecule has 1 aromatic heterocycles. The Balaban J connectivity index is 1.71. The van der Waals surface area contributed by atoms with Crippen molar-refractivity contribution in [2.24, 2.45) is 0 Å². The standard InChI is InChI=1S/C23H20F2N2O2/c1-28-22-9-8-15(19-12-16-10-17(24)18(25)13-20(16)26-19)11-21(22)27-23(29-2)14-6-4-3-5-7-14/h3-13,23,26-27H,1-2H3. The molecule has 4 nitrogen and oxygen atoms in total. The number of fused-ring (bicyclic) bond motifs is 1. The van der Waals surface area contributed by atoms with Crippen molar-refractivity contribution in [2.45, 2.75) is 6.23 Å². The van der Waals surface area contributed by atoms with Gasteiger partial charge in [0.05, 0.1) is 12.8 Å². The molecule has 1 atom stereocenters. The summed E-state index contributed by atoms with van der Waals surface area (Å²) in [6, 6.07) is 19.5. The van der Waals surface area contributed by atoms with E-state index in [0.29, 0.717) is 16.7 Å². The molecule has 0 aliphatic carbocycles. The Morgan fingerprint density at radius 2 is 1.66 bits per heavy atom. The monoisotopic (exact) mass is 394 g/mol. The van der Waals surface area contributed by atoms with Gasteiger partial charge in [-0.25, -0.2) is 8.78 Å². The van der Waals surface area contributed by atoms with Crippen LogP contribution < -0.4 is 10.1 Å². The summed E-state index contributed by atoms with van der Waals surface area (Å²) in [6.07, 6.45) is -0.369. The Bertz CT molecular complexity index is 1100. The minimum absolute atomic E-state index is 0.369. The highest BCUT2D eigenvalue weighted by atomic mass is 19.2. The number of halogens is 2. The van der Waals surface area contributed by atoms with Crippen LogP contribution in [-0.4, -0.2) is 19.2 Å². The summed E-state index contributed by atoms with van der Waals surface area (Å²) in [7, 11) is 3.22. The Morgan fingerprint density at radius 1 is 0.897 bits per heavy atom. The zero-order valence-corrected chi connectivity index (χ0v) is 16.0. The number of ether oxygens (including phenoxy) is 2. The Labute approximate surface area is 167 Å². The summed E-state index contributed by atoms with van der Waals surface area (Å²) < 4.78 is 38.2. The number of benzene rings is 3. The van der Waals surface area contributed by atoms with Gasteiger partial charge in [-0.05, 0) is 30.3 Å². The van der Waals surface area contributed by atoms with Gasteiger partial charge in [-0.2, -0.15) is 0 Å². The molecule has 4 aromatic rings. The lowest BCUT2D eigenvalue weighted by atomic mass is 10.1. The van der Waals surface area contributed by atoms with Crippen molar-refractivity contribution in [3.63, 3.8) is 0 Å². The molecule has 0 radical (unpaired) electrons. The molecule has 0 fully saturated rings. The van der Waals surface area contributed by atoms with Crippen LogP contribution in [0.4, 0.5) is 14.5 Å². The number of rotatable bonds is 6. The SMILES string of the molecule is COc1ccc(-c2cc3cc(F)c(F)cc3[nH]2)cc1NC(OC)c1ccccc1. The summed E-state index contributed by atoms with van der Waals surface area (Å²) in [5, 5.41) is 3.95. The lowest BCUT2D eigenvalue weighted by Gasteiger charge is -2.21. The number of aromatic amines is 1. The third kappa shape index (κ3) is 3.79. The van der Waals surface area contributed by atoms with Crippen molar-refractivity contribution in [1.29, 1.82) is 0 Å². The molecule has 1 unspecified atom stereocenters. The second-order valence-corrected chi connectivity index (χ2v) is 6.62. The van der Waals surface area contributed by atoms with Crippen LogP contribution in [0.5, 0.6) is 5.75 Å². The van der Waals surface area contributed by atoms with Crippen molar-refractivity contribution in [3.8, 4) is 17.0 Å². The molecular formula is C23H20F2N2O2. The van der Waals surface area contributed by atoms with E-state index in [1.54, 1.807) is 20.3 Å². The fourth-order valence-corrected chi connectivity index (χ4v) is 3.32. The molecule has 0 aliphatic rings. The number of anilines is 1. The Morgan fingerprint density at radius 3 is 2.38 bits per heavy atom. The molecule has 0 spiro atoms. The van der Waals surface area contributed by atoms with Crippen molar-refractivity contribution >= 4 is 16.6 Å². The second kappa shape index (κ2) is 7.93. The van der Waals surface area contributed by atoms with Crippen molar-refractivity contribution in [2.75, 3.05) is 19.5 Å². The highest BCUT2D eigenvalue weighted by Crippen LogP contribution is 2.34. The predicted octanol–water partition coefficient (Wildman–Crippen LogP) is 5.88. The van der Waals surface area contributed by atoms with Crippen LogP contribution in [0.1, 0.15) is 11.8 Å². The topological polar surface area (TPSA) is 46.3 Å². The lowest BCUT2D eigenvalue weighted by Crippen LogP contribution is -2.13. The summed E-state index contributed by atoms with van der Waals surface area (Å²) in [5.41, 5.74) is 3.82. The van der Waals surface area contributed by atoms with Crippen LogP contribution in [0.3, 0.4) is 0 Å². The van der Waals surface area contributed by atoms with Gasteiger partial charge in [0, 0.05) is 40.9 Å². The maximum atomic E-state index is 13.5. The van der Waals surface area contributed by atoms with E-state index in [4.69, 9.17) is 9.47 Å². The molecule has 4 rings (SSSR count). The predicted molar refractivity (Wildman–Crippen MR) is 110 cm³/mol. The Kier molecular flexibility index (Phi) is 5.18. The zero-order valence-electron chi connectivity index (χ0n) is 16.0. The molecular weight excluding hydrogens is 374 g/mol. The van der Waals surface area contributed by atoms with Gasteiger partial charge >= 0.3 is 0 Å². The molecule has 0 bridgehead atoms. The van der Waals surface area contributed by atoms with E-state index in [-0.39, 0.29) is 6.23 Å². The first-order chi connectivity index (χ1) is 14.1. The van der Waals surface area contributed by atoms with Crippen LogP contribution in [-0.2, 0) is 4.74 Å². The number of hydrogen-bond donors (Lipinski definition) is 2. The van der Waals surface area contributed by atoms with E-state index in [0.717, 1.165) is 28.6 Å². The van der Waals surface area contributed by atoms with Gasteiger partial charge in [0.1, 0.15) is 5.75 Å². The molecule has 148 valence electrons. The van der Waals surface area contributed by atoms with Crippen LogP contribution in [0.2, 0.25) is 0 Å². The average molecular weight is 394 g/mol. The smallest absolute Gasteiger partial charge is 0.160 e. The molecule has 3 aromatic carbocycles. The van der Waals surface area contributed by atoms with Gasteiger partial charge in [-0.1, -0.05) is 30.3 Å². The van der Waals surface area contributed by atoms with Crippen molar-refractivity contribution in [1.82, 2.24) is 4.98 Å². The largest absolute Gasteiger partial charge is 0.495 e. The third-order valence-corrected chi connectivity index (χ3v) is 4.80. The lowest BCUT2D eigenvalue weighted by molar-refractivity contribution is 0.126. The van der Waals surface area contributed by atoms with E-state index >= 15 is 0 Å². The quantitative estimate of drug-likeness (QED) is 0.402. The van der Waals surface area contributed by atoms with Crippen molar-refractivity contribution < 1.29 is 18.3 Å². The molecule has 2 N–H and O–H groups in total. The number of hydrogen-bond acceptors (Lipinski definition) is 3. The van der Waals surface area contributed by atoms with Crippen LogP contribution >= 0.6 is 0 Å². The molecule has 0 saturated carbocycles. The number of aromatic nitrogens is 1. The fraction of sp³-hybridized carbons (Fsp3) is 0.130. The third-order valence-electron chi connectivity index (χ3n) is 4.80. The molecule has 0 aliphatic heterocycles. The van der Waals surface area contributed by atoms with Gasteiger partial charge in [-0.15, -0.1) is 0 Å². The van der Waals surface area contributed by atoms with E-state index < -0.39 is 11.6 Å². The number of methoxy groups -OCH3 is 2. The van der Waals surface area contributed by atoms with Gasteiger partial charge in [0.15, 0.2) is 17.9 Å². The van der Waals surface area contributed by atoms with Crippen molar-refractivity contribution in [3.05, 3.63) is 83.9 Å². The van der Waals surface area contributed by atoms with Gasteiger partial charge < -0.3 is 19.8 Å². The van der Waals surface area contributed by atoms with E-state index in [1.165, 1.54) is 6.07 Å². The summed E-state index contributed by atoms with van der Waals surface area (Å²) >= 11 is 0. The van der Waals surface area contributed by atoms with E-state index in [9.17, 15) is 8.78 Å². The summed E-state index contributed by atoms with van der Waals surface area (Å²) in [5.74, 6) is -1.10. The first kappa shape index (κ1) is 19.0. The fourth-order valence-electron chi connectivity index (χ4n) is 3.32. The molecule has 0 saturated heterocycles. The molecule has 29 heavy (non-hydrogen) atoms. The first-order valence-electron chi connectivity index (χ1n) is 9.09. The maximum absolute atomic E-state index is 13.5. The molecule has 1 heterocycles. The van der Waals surface area contributed by atoms with E-state index in [2.05, 4.69) is 10.3 Å². The van der Waals surface area contributed by atoms with Crippen LogP contribution in [0, 0.1) is 11.6 Å². The summed E-state index contributed by atoms with van der Waals surface area (Å²) in [4.78, 5) is 3.14. The average Bonchev–Trinajstić information content (AvgIpc) is 3.15. The minimum Gasteiger partial charge on any atom is -0.495 e. The zero-order chi connectivity index (χ0) is 20.4. The number of nitrogens with one attached hydrogen (secondary N) is 2. The Hall–Kier alpha value is -3.38. The summed E-state index contributed by atoms with van der Waals surface area (Å²) in [6.45, 7) is 0. The highest BCUT2D eigenvalue weighted by Gasteiger charge is 2.15. The highest BCUT2D eigenvalue weighted by molar-refractivity contribution is 5.86.